The van der Waals surface area contributed by atoms with Crippen molar-refractivity contribution in [3.05, 3.63) is 33.9 Å². The van der Waals surface area contributed by atoms with Crippen LogP contribution in [0.15, 0.2) is 18.2 Å². The van der Waals surface area contributed by atoms with E-state index in [0.29, 0.717) is 18.7 Å². The fraction of sp³-hybridized carbons (Fsp3) is 0.500. The Morgan fingerprint density at radius 3 is 3.00 bits per heavy atom. The van der Waals surface area contributed by atoms with E-state index in [1.165, 1.54) is 18.2 Å². The van der Waals surface area contributed by atoms with E-state index in [1.807, 2.05) is 6.92 Å². The Morgan fingerprint density at radius 2 is 2.38 bits per heavy atom. The number of rotatable bonds is 5. The van der Waals surface area contributed by atoms with Gasteiger partial charge in [-0.3, -0.25) is 14.9 Å². The van der Waals surface area contributed by atoms with E-state index in [1.54, 1.807) is 0 Å². The molecule has 7 nitrogen and oxygen atoms in total. The molecule has 1 unspecified atom stereocenters. The van der Waals surface area contributed by atoms with Crippen molar-refractivity contribution in [3.8, 4) is 5.75 Å². The van der Waals surface area contributed by atoms with Gasteiger partial charge in [-0.2, -0.15) is 0 Å². The lowest BCUT2D eigenvalue weighted by Gasteiger charge is -2.23. The van der Waals surface area contributed by atoms with Gasteiger partial charge in [0.2, 0.25) is 0 Å². The molecular weight excluding hydrogens is 274 g/mol. The van der Waals surface area contributed by atoms with Gasteiger partial charge >= 0.3 is 5.69 Å². The van der Waals surface area contributed by atoms with Crippen molar-refractivity contribution in [1.29, 1.82) is 0 Å². The van der Waals surface area contributed by atoms with E-state index < -0.39 is 4.92 Å². The predicted octanol–water partition coefficient (Wildman–Crippen LogP) is 1.48. The molecule has 1 amide bonds. The molecule has 1 heterocycles. The van der Waals surface area contributed by atoms with Crippen molar-refractivity contribution in [2.24, 2.45) is 0 Å². The molecule has 2 rings (SSSR count). The number of hydrogen-bond acceptors (Lipinski definition) is 5. The van der Waals surface area contributed by atoms with Crippen LogP contribution in [0.1, 0.15) is 30.1 Å². The predicted molar refractivity (Wildman–Crippen MR) is 77.6 cm³/mol. The van der Waals surface area contributed by atoms with E-state index in [-0.39, 0.29) is 23.4 Å². The maximum atomic E-state index is 11.8. The summed E-state index contributed by atoms with van der Waals surface area (Å²) in [6.07, 6.45) is 1.70. The van der Waals surface area contributed by atoms with Gasteiger partial charge in [0.25, 0.3) is 5.91 Å². The van der Waals surface area contributed by atoms with E-state index in [0.717, 1.165) is 19.4 Å². The van der Waals surface area contributed by atoms with Gasteiger partial charge < -0.3 is 15.4 Å². The summed E-state index contributed by atoms with van der Waals surface area (Å²) in [6, 6.07) is 4.20. The van der Waals surface area contributed by atoms with E-state index >= 15 is 0 Å². The minimum atomic E-state index is -0.493. The molecule has 0 spiro atoms. The fourth-order valence-electron chi connectivity index (χ4n) is 2.26. The fourth-order valence-corrected chi connectivity index (χ4v) is 2.26. The molecule has 1 fully saturated rings. The number of amides is 1. The largest absolute Gasteiger partial charge is 0.482 e. The molecule has 0 aromatic heterocycles. The van der Waals surface area contributed by atoms with Crippen molar-refractivity contribution in [3.63, 3.8) is 0 Å². The molecule has 21 heavy (non-hydrogen) atoms. The summed E-state index contributed by atoms with van der Waals surface area (Å²) in [6.45, 7) is 3.90. The number of carbonyl (C=O) groups excluding carboxylic acids is 1. The molecule has 1 saturated heterocycles. The third kappa shape index (κ3) is 3.91. The van der Waals surface area contributed by atoms with Crippen LogP contribution >= 0.6 is 0 Å². The van der Waals surface area contributed by atoms with E-state index in [4.69, 9.17) is 4.74 Å². The van der Waals surface area contributed by atoms with Gasteiger partial charge in [-0.15, -0.1) is 0 Å². The van der Waals surface area contributed by atoms with Crippen LogP contribution in [0.4, 0.5) is 5.69 Å². The monoisotopic (exact) mass is 293 g/mol. The van der Waals surface area contributed by atoms with Crippen molar-refractivity contribution in [1.82, 2.24) is 10.6 Å². The first-order valence-corrected chi connectivity index (χ1v) is 7.06. The number of ether oxygens (including phenoxy) is 1. The van der Waals surface area contributed by atoms with Gasteiger partial charge in [-0.1, -0.05) is 0 Å². The molecule has 0 saturated carbocycles. The first-order valence-electron chi connectivity index (χ1n) is 7.06. The summed E-state index contributed by atoms with van der Waals surface area (Å²) in [4.78, 5) is 22.4. The van der Waals surface area contributed by atoms with Crippen LogP contribution in [0, 0.1) is 10.1 Å². The molecule has 7 heteroatoms. The Bertz CT molecular complexity index is 527. The molecule has 2 N–H and O–H groups in total. The topological polar surface area (TPSA) is 93.5 Å². The van der Waals surface area contributed by atoms with Crippen molar-refractivity contribution in [2.75, 3.05) is 19.6 Å². The summed E-state index contributed by atoms with van der Waals surface area (Å²) in [5.41, 5.74) is 0.245. The van der Waals surface area contributed by atoms with Crippen LogP contribution in [0.5, 0.6) is 5.75 Å². The van der Waals surface area contributed by atoms with Crippen LogP contribution in [0.25, 0.3) is 0 Å². The SMILES string of the molecule is CCNC(=O)c1ccc([N+](=O)[O-])c(OC2CCCNC2)c1. The highest BCUT2D eigenvalue weighted by Gasteiger charge is 2.22. The number of piperidine rings is 1. The van der Waals surface area contributed by atoms with Gasteiger partial charge in [0.1, 0.15) is 6.10 Å². The van der Waals surface area contributed by atoms with E-state index in [2.05, 4.69) is 10.6 Å². The number of nitrogens with zero attached hydrogens (tertiary/aromatic N) is 1. The Morgan fingerprint density at radius 1 is 1.57 bits per heavy atom. The highest BCUT2D eigenvalue weighted by Crippen LogP contribution is 2.29. The summed E-state index contributed by atoms with van der Waals surface area (Å²) in [5, 5.41) is 16.9. The molecule has 0 bridgehead atoms. The molecular formula is C14H19N3O4. The normalized spacial score (nSPS) is 18.0. The standard InChI is InChI=1S/C14H19N3O4/c1-2-16-14(18)10-5-6-12(17(19)20)13(8-10)21-11-4-3-7-15-9-11/h5-6,8,11,15H,2-4,7,9H2,1H3,(H,16,18). The second-order valence-corrected chi connectivity index (χ2v) is 4.89. The van der Waals surface area contributed by atoms with Crippen LogP contribution in [0.3, 0.4) is 0 Å². The molecule has 0 aliphatic carbocycles. The van der Waals surface area contributed by atoms with Crippen LogP contribution < -0.4 is 15.4 Å². The van der Waals surface area contributed by atoms with Gasteiger partial charge in [0.15, 0.2) is 5.75 Å². The smallest absolute Gasteiger partial charge is 0.310 e. The quantitative estimate of drug-likeness (QED) is 0.633. The lowest BCUT2D eigenvalue weighted by molar-refractivity contribution is -0.386. The van der Waals surface area contributed by atoms with Crippen molar-refractivity contribution in [2.45, 2.75) is 25.9 Å². The Balaban J connectivity index is 2.23. The molecule has 0 radical (unpaired) electrons. The summed E-state index contributed by atoms with van der Waals surface area (Å²) in [7, 11) is 0. The number of hydrogen-bond donors (Lipinski definition) is 2. The third-order valence-corrected chi connectivity index (χ3v) is 3.30. The van der Waals surface area contributed by atoms with Gasteiger partial charge in [-0.05, 0) is 32.4 Å². The minimum absolute atomic E-state index is 0.109. The van der Waals surface area contributed by atoms with Crippen molar-refractivity contribution >= 4 is 11.6 Å². The maximum Gasteiger partial charge on any atom is 0.310 e. The second-order valence-electron chi connectivity index (χ2n) is 4.89. The molecule has 1 aliphatic rings. The number of nitro groups is 1. The first-order chi connectivity index (χ1) is 10.1. The molecule has 1 atom stereocenters. The zero-order chi connectivity index (χ0) is 15.2. The maximum absolute atomic E-state index is 11.8. The highest BCUT2D eigenvalue weighted by molar-refractivity contribution is 5.95. The van der Waals surface area contributed by atoms with Gasteiger partial charge in [0, 0.05) is 30.8 Å². The van der Waals surface area contributed by atoms with Crippen molar-refractivity contribution < 1.29 is 14.5 Å². The molecule has 114 valence electrons. The van der Waals surface area contributed by atoms with Crippen LogP contribution in [-0.4, -0.2) is 36.6 Å². The Kier molecular flexibility index (Phi) is 5.10. The molecule has 1 aromatic carbocycles. The second kappa shape index (κ2) is 7.03. The van der Waals surface area contributed by atoms with Gasteiger partial charge in [-0.25, -0.2) is 0 Å². The van der Waals surface area contributed by atoms with E-state index in [9.17, 15) is 14.9 Å². The minimum Gasteiger partial charge on any atom is -0.482 e. The number of nitrogens with one attached hydrogen (secondary N) is 2. The molecule has 1 aliphatic heterocycles. The average Bonchev–Trinajstić information content (AvgIpc) is 2.48. The number of benzene rings is 1. The highest BCUT2D eigenvalue weighted by atomic mass is 16.6. The lowest BCUT2D eigenvalue weighted by atomic mass is 10.1. The summed E-state index contributed by atoms with van der Waals surface area (Å²) < 4.78 is 5.73. The van der Waals surface area contributed by atoms with Crippen LogP contribution in [-0.2, 0) is 0 Å². The lowest BCUT2D eigenvalue weighted by Crippen LogP contribution is -2.37. The number of carbonyl (C=O) groups is 1. The average molecular weight is 293 g/mol. The zero-order valence-electron chi connectivity index (χ0n) is 11.9. The zero-order valence-corrected chi connectivity index (χ0v) is 11.9. The summed E-state index contributed by atoms with van der Waals surface area (Å²) in [5.74, 6) is -0.114. The Labute approximate surface area is 122 Å². The van der Waals surface area contributed by atoms with Gasteiger partial charge in [0.05, 0.1) is 4.92 Å². The third-order valence-electron chi connectivity index (χ3n) is 3.30. The summed E-state index contributed by atoms with van der Waals surface area (Å²) >= 11 is 0. The van der Waals surface area contributed by atoms with Crippen LogP contribution in [0.2, 0.25) is 0 Å². The number of nitro benzene ring substituents is 1. The first kappa shape index (κ1) is 15.2. The Hall–Kier alpha value is -2.15. The molecule has 1 aromatic rings.